The average Bonchev–Trinajstić information content (AvgIpc) is 2.92. The van der Waals surface area contributed by atoms with E-state index in [4.69, 9.17) is 23.2 Å². The van der Waals surface area contributed by atoms with Crippen LogP contribution < -0.4 is 4.31 Å². The highest BCUT2D eigenvalue weighted by Gasteiger charge is 2.38. The summed E-state index contributed by atoms with van der Waals surface area (Å²) in [5.74, 6) is 0.541. The van der Waals surface area contributed by atoms with E-state index in [1.165, 1.54) is 37.3 Å². The first-order valence-electron chi connectivity index (χ1n) is 13.2. The highest BCUT2D eigenvalue weighted by atomic mass is 35.5. The third-order valence-corrected chi connectivity index (χ3v) is 10.7. The number of para-hydroxylation sites is 1. The van der Waals surface area contributed by atoms with Gasteiger partial charge in [-0.1, -0.05) is 84.6 Å². The number of halogens is 2. The zero-order chi connectivity index (χ0) is 26.0. The molecule has 2 unspecified atom stereocenters. The number of hydrogen-bond donors (Lipinski definition) is 0. The molecule has 0 bridgehead atoms. The van der Waals surface area contributed by atoms with Gasteiger partial charge in [-0.25, -0.2) is 8.42 Å². The minimum Gasteiger partial charge on any atom is -0.300 e. The van der Waals surface area contributed by atoms with E-state index < -0.39 is 10.0 Å². The molecule has 37 heavy (non-hydrogen) atoms. The topological polar surface area (TPSA) is 40.6 Å². The molecule has 1 saturated heterocycles. The van der Waals surface area contributed by atoms with Crippen molar-refractivity contribution in [3.8, 4) is 0 Å². The molecule has 4 nitrogen and oxygen atoms in total. The van der Waals surface area contributed by atoms with E-state index in [0.717, 1.165) is 37.2 Å². The molecule has 7 heteroatoms. The van der Waals surface area contributed by atoms with Crippen LogP contribution in [-0.2, 0) is 10.0 Å². The second kappa shape index (κ2) is 11.4. The molecule has 1 aliphatic carbocycles. The highest BCUT2D eigenvalue weighted by molar-refractivity contribution is 7.92. The Labute approximate surface area is 231 Å². The van der Waals surface area contributed by atoms with E-state index in [1.807, 2.05) is 31.2 Å². The van der Waals surface area contributed by atoms with Gasteiger partial charge in [-0.05, 0) is 73.9 Å². The number of rotatable bonds is 6. The van der Waals surface area contributed by atoms with Crippen molar-refractivity contribution in [2.45, 2.75) is 68.3 Å². The van der Waals surface area contributed by atoms with Crippen LogP contribution in [0.3, 0.4) is 0 Å². The first kappa shape index (κ1) is 26.6. The van der Waals surface area contributed by atoms with E-state index in [2.05, 4.69) is 35.2 Å². The Kier molecular flexibility index (Phi) is 8.16. The van der Waals surface area contributed by atoms with Gasteiger partial charge in [0.1, 0.15) is 0 Å². The van der Waals surface area contributed by atoms with Crippen LogP contribution >= 0.6 is 23.2 Å². The summed E-state index contributed by atoms with van der Waals surface area (Å²) in [6.45, 7) is 3.74. The summed E-state index contributed by atoms with van der Waals surface area (Å²) in [7, 11) is -3.84. The predicted octanol–water partition coefficient (Wildman–Crippen LogP) is 7.69. The van der Waals surface area contributed by atoms with Crippen LogP contribution in [0.1, 0.15) is 55.6 Å². The maximum Gasteiger partial charge on any atom is 0.264 e. The fourth-order valence-corrected chi connectivity index (χ4v) is 8.34. The molecular formula is C30H34Cl2N2O2S. The second-order valence-corrected chi connectivity index (χ2v) is 12.9. The molecule has 3 aromatic rings. The lowest BCUT2D eigenvalue weighted by Crippen LogP contribution is -2.51. The number of likely N-dealkylation sites (tertiary alicyclic amines) is 1. The highest BCUT2D eigenvalue weighted by Crippen LogP contribution is 2.39. The minimum atomic E-state index is -3.84. The molecular weight excluding hydrogens is 523 g/mol. The fourth-order valence-electron chi connectivity index (χ4n) is 6.17. The van der Waals surface area contributed by atoms with Crippen molar-refractivity contribution in [1.82, 2.24) is 4.90 Å². The van der Waals surface area contributed by atoms with Crippen molar-refractivity contribution in [3.05, 3.63) is 94.0 Å². The third-order valence-electron chi connectivity index (χ3n) is 8.06. The molecule has 0 N–H and O–H groups in total. The number of nitrogens with zero attached hydrogens (tertiary/aromatic N) is 2. The van der Waals surface area contributed by atoms with Crippen molar-refractivity contribution >= 4 is 38.9 Å². The Morgan fingerprint density at radius 3 is 2.19 bits per heavy atom. The number of benzene rings is 3. The molecule has 2 atom stereocenters. The minimum absolute atomic E-state index is 0.129. The van der Waals surface area contributed by atoms with Gasteiger partial charge in [0.15, 0.2) is 0 Å². The summed E-state index contributed by atoms with van der Waals surface area (Å²) >= 11 is 12.3. The van der Waals surface area contributed by atoms with Crippen molar-refractivity contribution in [2.24, 2.45) is 0 Å². The molecule has 2 aliphatic rings. The van der Waals surface area contributed by atoms with E-state index in [9.17, 15) is 8.42 Å². The number of hydrogen-bond acceptors (Lipinski definition) is 3. The van der Waals surface area contributed by atoms with Gasteiger partial charge in [0.25, 0.3) is 10.0 Å². The normalized spacial score (nSPS) is 21.6. The lowest BCUT2D eigenvalue weighted by atomic mass is 9.78. The SMILES string of the molecule is Cc1ccccc1N(C1CCN(C2CCCCC2c2ccccc2)CC1)S(=O)(=O)c1ccc(Cl)c(Cl)c1. The molecule has 1 heterocycles. The van der Waals surface area contributed by atoms with Crippen LogP contribution in [0.15, 0.2) is 77.7 Å². The van der Waals surface area contributed by atoms with Gasteiger partial charge in [0.05, 0.1) is 20.6 Å². The maximum atomic E-state index is 14.1. The van der Waals surface area contributed by atoms with Gasteiger partial charge < -0.3 is 0 Å². The number of piperidine rings is 1. The molecule has 2 fully saturated rings. The van der Waals surface area contributed by atoms with Crippen LogP contribution in [0.25, 0.3) is 0 Å². The Bertz CT molecular complexity index is 1320. The summed E-state index contributed by atoms with van der Waals surface area (Å²) in [4.78, 5) is 2.79. The van der Waals surface area contributed by atoms with Crippen LogP contribution in [0.4, 0.5) is 5.69 Å². The van der Waals surface area contributed by atoms with Gasteiger partial charge >= 0.3 is 0 Å². The molecule has 0 amide bonds. The Morgan fingerprint density at radius 1 is 0.811 bits per heavy atom. The van der Waals surface area contributed by atoms with E-state index in [0.29, 0.717) is 17.0 Å². The molecule has 0 radical (unpaired) electrons. The zero-order valence-electron chi connectivity index (χ0n) is 21.2. The van der Waals surface area contributed by atoms with E-state index in [1.54, 1.807) is 16.4 Å². The number of aryl methyl sites for hydroxylation is 1. The smallest absolute Gasteiger partial charge is 0.264 e. The summed E-state index contributed by atoms with van der Waals surface area (Å²) in [5.41, 5.74) is 3.09. The lowest BCUT2D eigenvalue weighted by molar-refractivity contribution is 0.107. The molecule has 5 rings (SSSR count). The lowest BCUT2D eigenvalue weighted by Gasteiger charge is -2.45. The van der Waals surface area contributed by atoms with Crippen molar-refractivity contribution in [2.75, 3.05) is 17.4 Å². The standard InChI is InChI=1S/C30H34Cl2N2O2S/c1-22-9-5-7-13-29(22)34(37(35,36)25-15-16-27(31)28(32)21-25)24-17-19-33(20-18-24)30-14-8-6-12-26(30)23-10-3-2-4-11-23/h2-5,7,9-11,13,15-16,21,24,26,30H,6,8,12,14,17-20H2,1H3. The number of anilines is 1. The van der Waals surface area contributed by atoms with Crippen molar-refractivity contribution < 1.29 is 8.42 Å². The molecule has 196 valence electrons. The number of sulfonamides is 1. The average molecular weight is 558 g/mol. The Morgan fingerprint density at radius 2 is 1.49 bits per heavy atom. The first-order valence-corrected chi connectivity index (χ1v) is 15.4. The first-order chi connectivity index (χ1) is 17.9. The van der Waals surface area contributed by atoms with Crippen molar-refractivity contribution in [3.63, 3.8) is 0 Å². The third kappa shape index (κ3) is 5.56. The van der Waals surface area contributed by atoms with Gasteiger partial charge in [-0.3, -0.25) is 9.21 Å². The van der Waals surface area contributed by atoms with Gasteiger partial charge in [0, 0.05) is 25.2 Å². The summed E-state index contributed by atoms with van der Waals surface area (Å²) in [5, 5.41) is 0.586. The monoisotopic (exact) mass is 556 g/mol. The predicted molar refractivity (Wildman–Crippen MR) is 153 cm³/mol. The van der Waals surface area contributed by atoms with Crippen LogP contribution in [-0.4, -0.2) is 38.5 Å². The van der Waals surface area contributed by atoms with Crippen molar-refractivity contribution in [1.29, 1.82) is 0 Å². The quantitative estimate of drug-likeness (QED) is 0.312. The second-order valence-electron chi connectivity index (χ2n) is 10.3. The molecule has 0 aromatic heterocycles. The van der Waals surface area contributed by atoms with Gasteiger partial charge in [0.2, 0.25) is 0 Å². The van der Waals surface area contributed by atoms with Crippen LogP contribution in [0, 0.1) is 6.92 Å². The van der Waals surface area contributed by atoms with Crippen LogP contribution in [0.5, 0.6) is 0 Å². The summed E-state index contributed by atoms with van der Waals surface area (Å²) < 4.78 is 29.8. The molecule has 1 saturated carbocycles. The van der Waals surface area contributed by atoms with Gasteiger partial charge in [-0.2, -0.15) is 0 Å². The Balaban J connectivity index is 1.41. The van der Waals surface area contributed by atoms with E-state index >= 15 is 0 Å². The molecule has 1 aliphatic heterocycles. The fraction of sp³-hybridized carbons (Fsp3) is 0.400. The molecule has 0 spiro atoms. The van der Waals surface area contributed by atoms with Gasteiger partial charge in [-0.15, -0.1) is 0 Å². The maximum absolute atomic E-state index is 14.1. The summed E-state index contributed by atoms with van der Waals surface area (Å²) in [6, 6.07) is 23.6. The zero-order valence-corrected chi connectivity index (χ0v) is 23.5. The van der Waals surface area contributed by atoms with Crippen LogP contribution in [0.2, 0.25) is 10.0 Å². The summed E-state index contributed by atoms with van der Waals surface area (Å²) in [6.07, 6.45) is 6.52. The largest absolute Gasteiger partial charge is 0.300 e. The Hall–Kier alpha value is -2.05. The van der Waals surface area contributed by atoms with E-state index in [-0.39, 0.29) is 16.0 Å². The molecule has 3 aromatic carbocycles.